The van der Waals surface area contributed by atoms with E-state index in [1.165, 1.54) is 6.92 Å². The summed E-state index contributed by atoms with van der Waals surface area (Å²) >= 11 is 0. The van der Waals surface area contributed by atoms with E-state index in [0.717, 1.165) is 41.5 Å². The lowest BCUT2D eigenvalue weighted by molar-refractivity contribution is -0.323. The molecule has 0 aromatic rings. The van der Waals surface area contributed by atoms with E-state index in [9.17, 15) is 38.7 Å². The Bertz CT molecular complexity index is 932. The average Bonchev–Trinajstić information content (AvgIpc) is 2.72. The number of rotatable bonds is 10. The Kier molecular flexibility index (Phi) is 11.0. The third kappa shape index (κ3) is 8.41. The Morgan fingerprint density at radius 2 is 1.43 bits per heavy atom. The van der Waals surface area contributed by atoms with Crippen LogP contribution >= 0.6 is 0 Å². The highest BCUT2D eigenvalue weighted by Crippen LogP contribution is 2.40. The first-order valence-electron chi connectivity index (χ1n) is 11.0. The molecule has 1 aliphatic heterocycles. The van der Waals surface area contributed by atoms with Crippen molar-refractivity contribution in [2.75, 3.05) is 6.61 Å². The van der Waals surface area contributed by atoms with Crippen LogP contribution in [-0.2, 0) is 62.0 Å². The van der Waals surface area contributed by atoms with Crippen molar-refractivity contribution in [1.29, 1.82) is 0 Å². The molecule has 0 aromatic heterocycles. The van der Waals surface area contributed by atoms with Gasteiger partial charge in [-0.1, -0.05) is 6.92 Å². The third-order valence-electron chi connectivity index (χ3n) is 5.14. The van der Waals surface area contributed by atoms with Gasteiger partial charge in [0.05, 0.1) is 12.0 Å². The number of nitrogens with one attached hydrogen (secondary N) is 1. The number of ether oxygens (including phenoxy) is 6. The second-order valence-corrected chi connectivity index (χ2v) is 8.26. The smallest absolute Gasteiger partial charge is 0.377 e. The summed E-state index contributed by atoms with van der Waals surface area (Å²) in [5.74, 6) is -11.4. The lowest BCUT2D eigenvalue weighted by Crippen LogP contribution is -2.72. The number of carboxylic acid groups (broad SMARTS) is 1. The summed E-state index contributed by atoms with van der Waals surface area (Å²) in [5, 5.41) is 12.5. The van der Waals surface area contributed by atoms with E-state index in [1.54, 1.807) is 0 Å². The number of amides is 1. The van der Waals surface area contributed by atoms with E-state index in [4.69, 9.17) is 28.4 Å². The molecule has 1 fully saturated rings. The lowest BCUT2D eigenvalue weighted by atomic mass is 9.81. The maximum Gasteiger partial charge on any atom is 0.377 e. The first-order chi connectivity index (χ1) is 17.0. The molecule has 37 heavy (non-hydrogen) atoms. The van der Waals surface area contributed by atoms with Crippen LogP contribution in [0.3, 0.4) is 0 Å². The summed E-state index contributed by atoms with van der Waals surface area (Å²) in [7, 11) is 0. The van der Waals surface area contributed by atoms with Crippen molar-refractivity contribution in [2.45, 2.75) is 84.7 Å². The molecule has 0 radical (unpaired) electrons. The second-order valence-electron chi connectivity index (χ2n) is 8.26. The van der Waals surface area contributed by atoms with Gasteiger partial charge in [-0.25, -0.2) is 4.79 Å². The normalized spacial score (nSPS) is 26.5. The van der Waals surface area contributed by atoms with Crippen molar-refractivity contribution in [3.05, 3.63) is 0 Å². The molecule has 1 saturated heterocycles. The molecule has 15 nitrogen and oxygen atoms in total. The highest BCUT2D eigenvalue weighted by Gasteiger charge is 2.64. The molecule has 1 rings (SSSR count). The van der Waals surface area contributed by atoms with E-state index in [1.807, 2.05) is 0 Å². The van der Waals surface area contributed by atoms with Crippen molar-refractivity contribution in [3.63, 3.8) is 0 Å². The predicted molar refractivity (Wildman–Crippen MR) is 117 cm³/mol. The highest BCUT2D eigenvalue weighted by molar-refractivity contribution is 5.81. The van der Waals surface area contributed by atoms with Crippen LogP contribution < -0.4 is 5.32 Å². The number of hydrogen-bond acceptors (Lipinski definition) is 13. The predicted octanol–water partition coefficient (Wildman–Crippen LogP) is -0.772. The summed E-state index contributed by atoms with van der Waals surface area (Å²) in [6.45, 7) is 6.61. The van der Waals surface area contributed by atoms with Crippen LogP contribution in [0.25, 0.3) is 0 Å². The van der Waals surface area contributed by atoms with E-state index in [0.29, 0.717) is 0 Å². The Morgan fingerprint density at radius 1 is 0.865 bits per heavy atom. The monoisotopic (exact) mass is 533 g/mol. The van der Waals surface area contributed by atoms with Gasteiger partial charge < -0.3 is 38.8 Å². The van der Waals surface area contributed by atoms with Crippen LogP contribution in [0.2, 0.25) is 0 Å². The molecule has 1 amide bonds. The molecular weight excluding hydrogens is 502 g/mol. The lowest BCUT2D eigenvalue weighted by Gasteiger charge is -2.50. The zero-order valence-electron chi connectivity index (χ0n) is 21.4. The van der Waals surface area contributed by atoms with Crippen molar-refractivity contribution < 1.29 is 67.1 Å². The second kappa shape index (κ2) is 13.0. The minimum absolute atomic E-state index is 0.680. The topological polar surface area (TPSA) is 207 Å². The molecule has 1 heterocycles. The summed E-state index contributed by atoms with van der Waals surface area (Å²) in [5.41, 5.74) is 0. The molecule has 0 aromatic carbocycles. The molecule has 0 saturated carbocycles. The molecule has 0 spiro atoms. The van der Waals surface area contributed by atoms with Gasteiger partial charge in [0, 0.05) is 41.5 Å². The summed E-state index contributed by atoms with van der Waals surface area (Å²) in [6.07, 6.45) is -6.68. The van der Waals surface area contributed by atoms with Gasteiger partial charge in [0.25, 0.3) is 0 Å². The number of esters is 5. The number of hydrogen-bond donors (Lipinski definition) is 2. The molecular formula is C22H31NO14. The number of carbonyl (C=O) groups is 7. The maximum absolute atomic E-state index is 12.4. The van der Waals surface area contributed by atoms with E-state index in [-0.39, 0.29) is 0 Å². The molecule has 0 aliphatic carbocycles. The fourth-order valence-corrected chi connectivity index (χ4v) is 3.91. The number of carboxylic acids is 1. The number of aliphatic carboxylic acids is 1. The van der Waals surface area contributed by atoms with Gasteiger partial charge in [0.2, 0.25) is 5.91 Å². The fourth-order valence-electron chi connectivity index (χ4n) is 3.91. The Balaban J connectivity index is 3.88. The molecule has 0 bridgehead atoms. The quantitative estimate of drug-likeness (QED) is 0.261. The van der Waals surface area contributed by atoms with Crippen molar-refractivity contribution in [1.82, 2.24) is 5.32 Å². The van der Waals surface area contributed by atoms with Gasteiger partial charge in [-0.2, -0.15) is 0 Å². The van der Waals surface area contributed by atoms with Crippen LogP contribution in [0.1, 0.15) is 48.5 Å². The zero-order chi connectivity index (χ0) is 28.7. The largest absolute Gasteiger partial charge is 0.476 e. The minimum atomic E-state index is -2.81. The molecule has 4 unspecified atom stereocenters. The van der Waals surface area contributed by atoms with Gasteiger partial charge in [0.15, 0.2) is 12.2 Å². The molecule has 7 atom stereocenters. The van der Waals surface area contributed by atoms with Crippen LogP contribution in [-0.4, -0.2) is 89.7 Å². The summed E-state index contributed by atoms with van der Waals surface area (Å²) in [4.78, 5) is 83.7. The highest BCUT2D eigenvalue weighted by atomic mass is 16.8. The van der Waals surface area contributed by atoms with Gasteiger partial charge in [0.1, 0.15) is 18.8 Å². The maximum atomic E-state index is 12.4. The van der Waals surface area contributed by atoms with Gasteiger partial charge in [-0.05, 0) is 0 Å². The standard InChI is InChI=1S/C22H31NO14/c1-9-18(34-13(5)27)17(23-10(2)24)20(37-22(9,21(30)31)36-15(7)29)19(35-14(6)28)16(33-12(4)26)8-32-11(3)25/h9,16-20H,8H2,1-7H3,(H,23,24)(H,30,31)/t9?,16?,17-,18+,19?,20-,22?/m1/s1. The fraction of sp³-hybridized carbons (Fsp3) is 0.682. The minimum Gasteiger partial charge on any atom is -0.476 e. The summed E-state index contributed by atoms with van der Waals surface area (Å²) in [6, 6.07) is -1.43. The van der Waals surface area contributed by atoms with Gasteiger partial charge >= 0.3 is 41.6 Å². The Hall–Kier alpha value is -3.75. The summed E-state index contributed by atoms with van der Waals surface area (Å²) < 4.78 is 31.5. The molecule has 2 N–H and O–H groups in total. The zero-order valence-corrected chi connectivity index (χ0v) is 21.4. The first-order valence-corrected chi connectivity index (χ1v) is 11.0. The van der Waals surface area contributed by atoms with E-state index >= 15 is 0 Å². The van der Waals surface area contributed by atoms with Gasteiger partial charge in [-0.3, -0.25) is 28.8 Å². The molecule has 1 aliphatic rings. The van der Waals surface area contributed by atoms with E-state index in [2.05, 4.69) is 5.32 Å². The molecule has 15 heteroatoms. The van der Waals surface area contributed by atoms with Crippen LogP contribution in [0.5, 0.6) is 0 Å². The SMILES string of the molecule is CC(=O)N[C@H]1[C@H](C(OC(C)=O)C(COC(C)=O)OC(C)=O)OC(OC(C)=O)(C(=O)O)C(C)[C@@H]1OC(C)=O. The first kappa shape index (κ1) is 31.3. The van der Waals surface area contributed by atoms with Crippen LogP contribution in [0.4, 0.5) is 0 Å². The van der Waals surface area contributed by atoms with Crippen molar-refractivity contribution >= 4 is 41.7 Å². The Morgan fingerprint density at radius 3 is 1.84 bits per heavy atom. The van der Waals surface area contributed by atoms with Gasteiger partial charge in [-0.15, -0.1) is 0 Å². The van der Waals surface area contributed by atoms with E-state index < -0.39 is 90.5 Å². The van der Waals surface area contributed by atoms with Crippen LogP contribution in [0.15, 0.2) is 0 Å². The third-order valence-corrected chi connectivity index (χ3v) is 5.14. The average molecular weight is 533 g/mol. The Labute approximate surface area is 212 Å². The number of carbonyl (C=O) groups excluding carboxylic acids is 6. The van der Waals surface area contributed by atoms with Crippen molar-refractivity contribution in [2.24, 2.45) is 5.92 Å². The van der Waals surface area contributed by atoms with Crippen molar-refractivity contribution in [3.8, 4) is 0 Å². The molecule has 208 valence electrons. The van der Waals surface area contributed by atoms with Crippen LogP contribution in [0, 0.1) is 5.92 Å².